The Bertz CT molecular complexity index is 4890. The molecule has 17 atom stereocenters. The van der Waals surface area contributed by atoms with Crippen LogP contribution >= 0.6 is 0 Å². The van der Waals surface area contributed by atoms with Crippen LogP contribution in [0.25, 0.3) is 0 Å². The molecule has 0 radical (unpaired) electrons. The van der Waals surface area contributed by atoms with E-state index in [2.05, 4.69) is 52.5 Å². The number of amides is 10. The molecule has 129 heavy (non-hydrogen) atoms. The van der Waals surface area contributed by atoms with Crippen LogP contribution in [0.2, 0.25) is 0 Å². The van der Waals surface area contributed by atoms with Gasteiger partial charge in [0.05, 0.1) is 68.1 Å². The van der Waals surface area contributed by atoms with Crippen molar-refractivity contribution in [3.05, 3.63) is 167 Å². The molecule has 3 aliphatic carbocycles. The molecule has 3 heterocycles. The number of Topliss-reactive ketones (excluding diaryl/α,β-unsaturated/α-hetero) is 1. The molecule has 2 aliphatic heterocycles. The average Bonchev–Trinajstić information content (AvgIpc) is 0.732. The molecule has 17 N–H and O–H groups in total. The molecule has 696 valence electrons. The summed E-state index contributed by atoms with van der Waals surface area (Å²) in [6.07, 6.45) is -11.2. The highest BCUT2D eigenvalue weighted by molar-refractivity contribution is 6.01. The number of fused-ring (bicyclic) bond motifs is 5. The molecule has 1 aromatic heterocycles. The number of anilines is 1. The van der Waals surface area contributed by atoms with Gasteiger partial charge in [-0.2, -0.15) is 0 Å². The number of nitrogens with two attached hydrogens (primary N) is 2. The highest BCUT2D eigenvalue weighted by Gasteiger charge is 2.78. The number of ketones is 1. The van der Waals surface area contributed by atoms with Crippen molar-refractivity contribution in [3.8, 4) is 0 Å². The van der Waals surface area contributed by atoms with Crippen molar-refractivity contribution in [2.75, 3.05) is 58.0 Å². The number of primary amides is 1. The number of carbonyl (C=O) groups excluding carboxylic acids is 15. The van der Waals surface area contributed by atoms with Crippen molar-refractivity contribution in [1.29, 1.82) is 0 Å². The number of aliphatic hydroxyl groups excluding tert-OH is 3. The van der Waals surface area contributed by atoms with Gasteiger partial charge in [-0.05, 0) is 117 Å². The zero-order valence-electron chi connectivity index (χ0n) is 72.7. The van der Waals surface area contributed by atoms with Crippen LogP contribution in [0.3, 0.4) is 0 Å². The van der Waals surface area contributed by atoms with E-state index < -0.39 is 235 Å². The van der Waals surface area contributed by atoms with Gasteiger partial charge in [0.1, 0.15) is 72.8 Å². The smallest absolute Gasteiger partial charge is 0.455 e. The van der Waals surface area contributed by atoms with Gasteiger partial charge < -0.3 is 122 Å². The summed E-state index contributed by atoms with van der Waals surface area (Å²) in [5.74, 6) is -14.9. The van der Waals surface area contributed by atoms with E-state index in [1.165, 1.54) is 106 Å². The van der Waals surface area contributed by atoms with Crippen molar-refractivity contribution in [1.82, 2.24) is 52.1 Å². The predicted molar refractivity (Wildman–Crippen MR) is 453 cm³/mol. The van der Waals surface area contributed by atoms with Crippen molar-refractivity contribution < 1.29 is 130 Å². The van der Waals surface area contributed by atoms with Crippen LogP contribution in [0.4, 0.5) is 15.3 Å². The van der Waals surface area contributed by atoms with Gasteiger partial charge in [0, 0.05) is 75.5 Å². The van der Waals surface area contributed by atoms with E-state index in [0.717, 1.165) is 13.8 Å². The number of nitrogens with zero attached hydrogens (tertiary/aromatic N) is 2. The summed E-state index contributed by atoms with van der Waals surface area (Å²) in [5, 5.41) is 67.9. The number of carbonyl (C=O) groups is 15. The Kier molecular flexibility index (Phi) is 33.6. The van der Waals surface area contributed by atoms with Crippen LogP contribution in [-0.4, -0.2) is 261 Å². The van der Waals surface area contributed by atoms with Gasteiger partial charge in [0.2, 0.25) is 47.5 Å². The lowest BCUT2D eigenvalue weighted by Crippen LogP contribution is -2.82. The van der Waals surface area contributed by atoms with E-state index >= 15 is 9.59 Å². The molecule has 40 nitrogen and oxygen atoms in total. The van der Waals surface area contributed by atoms with Gasteiger partial charge >= 0.3 is 36.1 Å². The molecule has 10 rings (SSSR count). The first kappa shape index (κ1) is 98.6. The molecule has 2 bridgehead atoms. The number of imidazole rings is 1. The number of aliphatic hydroxyl groups is 4. The fourth-order valence-electron chi connectivity index (χ4n) is 17.1. The SMILES string of the molecule is CC(=O)O[C@H]1C(=O)[C@]2(C)[C@@H](O)C[C@@H]3OC[C@]3(OC(C)=O)[C@@H]2[C@H](OC(=O)c2ccccc2)[C@]2(O)C[C@@H](OC(=O)[C@H](OC(=O)OCc3ccc(NC(=O)[C@H](CCC(N)=O)NC(=O)[C@H](CC(C)C)NC(=O)[C@H](CCCCN)NC(=O)[C@H](CO)NC(=O)[C@H](CO)NC(=O)[C@H](Cc4c[nH]cn4)NC(=O)N4CCOCC4)cc3)[C@@H](NC(=O)c3ccccc3)c3ccccc3)C(C)=C1C2(C)C. The Morgan fingerprint density at radius 1 is 0.674 bits per heavy atom. The number of esters is 4. The molecule has 10 amide bonds. The van der Waals surface area contributed by atoms with Gasteiger partial charge in [0.25, 0.3) is 5.91 Å². The largest absolute Gasteiger partial charge is 0.509 e. The summed E-state index contributed by atoms with van der Waals surface area (Å²) in [5.41, 5.74) is 3.46. The number of benzene rings is 4. The Hall–Kier alpha value is -12.6. The number of aromatic amines is 1. The van der Waals surface area contributed by atoms with E-state index in [1.807, 2.05) is 0 Å². The number of H-pyrrole nitrogens is 1. The molecule has 2 saturated carbocycles. The Balaban J connectivity index is 0.858. The Morgan fingerprint density at radius 2 is 1.25 bits per heavy atom. The molecule has 4 fully saturated rings. The molecule has 5 aliphatic rings. The number of hydrogen-bond donors (Lipinski definition) is 15. The lowest BCUT2D eigenvalue weighted by Gasteiger charge is -2.67. The standard InChI is InChI=1S/C89H113N13O27/c1-48(2)38-60(97-77(112)58(26-18-19-33-90)95-80(115)62(43-103)99-81(116)63(44-104)98-79(114)61(39-57-42-92-47-93-57)100-84(119)102-34-36-122-37-35-102)78(113)96-59(31-32-67(91)108)76(111)94-56-29-27-52(28-30-56)45-123-85(120)127-71(69(53-20-12-9-13-21-53)101-75(110)54-22-14-10-15-23-54)83(118)126-64-41-89(121)74(128-82(117)55-24-16-11-17-25-55)72-87(8,65(107)40-66-88(72,46-124-66)129-51(5)106)73(109)70(125-50(4)105)68(49(64)3)86(89,6)7/h9-17,20-25,27-30,42,47-48,58-66,69-72,74,103-104,107,121H,18-19,26,31-41,43-46,90H2,1-8H3,(H2,91,108)(H,92,93)(H,94,111)(H,95,115)(H,96,113)(H,97,112)(H,98,114)(H,99,116)(H,100,119)(H,101,110)/t58-,59-,60-,61-,62-,63-,64+,65-,66-,69-,70+,71+,72+,74-,87+,88+,89+/m0/s1. The lowest BCUT2D eigenvalue weighted by atomic mass is 9.44. The van der Waals surface area contributed by atoms with Gasteiger partial charge in [-0.3, -0.25) is 52.7 Å². The summed E-state index contributed by atoms with van der Waals surface area (Å²) in [7, 11) is 0. The zero-order chi connectivity index (χ0) is 93.8. The fraction of sp³-hybridized carbons (Fsp3) is 0.506. The predicted octanol–water partition coefficient (Wildman–Crippen LogP) is 1.26. The van der Waals surface area contributed by atoms with Crippen LogP contribution in [0.1, 0.15) is 150 Å². The molecule has 2 saturated heterocycles. The third kappa shape index (κ3) is 23.7. The van der Waals surface area contributed by atoms with Crippen molar-refractivity contribution in [2.24, 2.45) is 34.1 Å². The number of morpholine rings is 1. The minimum absolute atomic E-state index is 0.00442. The zero-order valence-corrected chi connectivity index (χ0v) is 72.7. The lowest BCUT2D eigenvalue weighted by molar-refractivity contribution is -0.346. The maximum Gasteiger partial charge on any atom is 0.509 e. The Labute approximate surface area is 742 Å². The number of nitrogens with one attached hydrogen (secondary N) is 9. The highest BCUT2D eigenvalue weighted by atomic mass is 16.7. The second-order valence-corrected chi connectivity index (χ2v) is 33.6. The Morgan fingerprint density at radius 3 is 1.81 bits per heavy atom. The summed E-state index contributed by atoms with van der Waals surface area (Å²) < 4.78 is 48.1. The second-order valence-electron chi connectivity index (χ2n) is 33.6. The summed E-state index contributed by atoms with van der Waals surface area (Å²) >= 11 is 0. The minimum atomic E-state index is -2.62. The fourth-order valence-corrected chi connectivity index (χ4v) is 17.1. The van der Waals surface area contributed by atoms with Crippen molar-refractivity contribution in [3.63, 3.8) is 0 Å². The van der Waals surface area contributed by atoms with Gasteiger partial charge in [0.15, 0.2) is 17.5 Å². The van der Waals surface area contributed by atoms with Gasteiger partial charge in [-0.15, -0.1) is 0 Å². The molecular formula is C89H113N13O27. The monoisotopic (exact) mass is 1800 g/mol. The normalized spacial score (nSPS) is 23.2. The number of ether oxygens (including phenoxy) is 8. The highest BCUT2D eigenvalue weighted by Crippen LogP contribution is 2.65. The number of unbranched alkanes of at least 4 members (excludes halogenated alkanes) is 1. The third-order valence-electron chi connectivity index (χ3n) is 24.0. The number of rotatable bonds is 39. The molecular weight excluding hydrogens is 1680 g/mol. The average molecular weight is 1800 g/mol. The number of hydrogen-bond acceptors (Lipinski definition) is 29. The molecule has 40 heteroatoms. The topological polar surface area (TPSA) is 591 Å². The second kappa shape index (κ2) is 43.9. The molecule has 0 spiro atoms. The molecule has 4 aromatic carbocycles. The number of urea groups is 1. The van der Waals surface area contributed by atoms with Crippen LogP contribution in [0.5, 0.6) is 0 Å². The minimum Gasteiger partial charge on any atom is -0.455 e. The first-order valence-electron chi connectivity index (χ1n) is 42.5. The maximum atomic E-state index is 16.1. The number of aromatic nitrogens is 2. The van der Waals surface area contributed by atoms with Crippen LogP contribution < -0.4 is 54.0 Å². The van der Waals surface area contributed by atoms with E-state index in [1.54, 1.807) is 68.4 Å². The summed E-state index contributed by atoms with van der Waals surface area (Å²) in [4.78, 5) is 221. The van der Waals surface area contributed by atoms with Gasteiger partial charge in [-0.25, -0.2) is 24.2 Å². The van der Waals surface area contributed by atoms with Gasteiger partial charge in [-0.1, -0.05) is 107 Å². The maximum absolute atomic E-state index is 16.1. The van der Waals surface area contributed by atoms with Crippen molar-refractivity contribution >= 4 is 94.8 Å². The molecule has 5 aromatic rings. The van der Waals surface area contributed by atoms with Crippen molar-refractivity contribution in [2.45, 2.75) is 210 Å². The van der Waals surface area contributed by atoms with E-state index in [0.29, 0.717) is 12.1 Å². The third-order valence-corrected chi connectivity index (χ3v) is 24.0. The van der Waals surface area contributed by atoms with Crippen LogP contribution in [0.15, 0.2) is 139 Å². The quantitative estimate of drug-likeness (QED) is 0.0114. The molecule has 0 unspecified atom stereocenters. The van der Waals surface area contributed by atoms with Crippen LogP contribution in [0, 0.1) is 22.7 Å². The first-order valence-corrected chi connectivity index (χ1v) is 42.5. The van der Waals surface area contributed by atoms with E-state index in [9.17, 15) is 82.8 Å². The van der Waals surface area contributed by atoms with E-state index in [4.69, 9.17) is 49.4 Å². The first-order chi connectivity index (χ1) is 61.4. The van der Waals surface area contributed by atoms with Crippen LogP contribution in [-0.2, 0) is 104 Å². The summed E-state index contributed by atoms with van der Waals surface area (Å²) in [6.45, 7) is 9.34. The van der Waals surface area contributed by atoms with E-state index in [-0.39, 0.29) is 116 Å². The summed E-state index contributed by atoms with van der Waals surface area (Å²) in [6, 6.07) is 17.1.